The van der Waals surface area contributed by atoms with Crippen LogP contribution in [-0.2, 0) is 14.3 Å². The maximum absolute atomic E-state index is 11.7. The van der Waals surface area contributed by atoms with Crippen molar-refractivity contribution in [2.75, 3.05) is 13.7 Å². The molecule has 0 aromatic rings. The fourth-order valence-corrected chi connectivity index (χ4v) is 3.02. The Morgan fingerprint density at radius 2 is 2.12 bits per heavy atom. The molecule has 2 aliphatic rings. The Labute approximate surface area is 96.8 Å². The standard InChI is InChI=1S/C13H20O3/c1-8-6-7-16-11-5-4-10(13(14)15-3)9(2)12(8)11/h8-10H,4-7H2,1-3H3/t8-,9+,10?/m1/s1. The molecule has 2 rings (SSSR count). The molecule has 0 radical (unpaired) electrons. The Morgan fingerprint density at radius 1 is 1.38 bits per heavy atom. The third-order valence-electron chi connectivity index (χ3n) is 3.96. The van der Waals surface area contributed by atoms with E-state index >= 15 is 0 Å². The molecule has 0 bridgehead atoms. The summed E-state index contributed by atoms with van der Waals surface area (Å²) in [6.07, 6.45) is 2.82. The number of carbonyl (C=O) groups is 1. The van der Waals surface area contributed by atoms with Gasteiger partial charge in [0.15, 0.2) is 0 Å². The Morgan fingerprint density at radius 3 is 2.81 bits per heavy atom. The van der Waals surface area contributed by atoms with Crippen LogP contribution in [-0.4, -0.2) is 19.7 Å². The highest BCUT2D eigenvalue weighted by Gasteiger charge is 2.37. The molecule has 1 unspecified atom stereocenters. The van der Waals surface area contributed by atoms with Crippen LogP contribution in [0.25, 0.3) is 0 Å². The van der Waals surface area contributed by atoms with E-state index in [9.17, 15) is 4.79 Å². The number of rotatable bonds is 1. The van der Waals surface area contributed by atoms with Gasteiger partial charge in [-0.2, -0.15) is 0 Å². The minimum Gasteiger partial charge on any atom is -0.498 e. The van der Waals surface area contributed by atoms with Crippen LogP contribution < -0.4 is 0 Å². The van der Waals surface area contributed by atoms with Gasteiger partial charge in [0.25, 0.3) is 0 Å². The Hall–Kier alpha value is -0.990. The van der Waals surface area contributed by atoms with Gasteiger partial charge in [-0.1, -0.05) is 13.8 Å². The van der Waals surface area contributed by atoms with E-state index in [2.05, 4.69) is 13.8 Å². The van der Waals surface area contributed by atoms with Crippen LogP contribution in [0, 0.1) is 17.8 Å². The molecular formula is C13H20O3. The van der Waals surface area contributed by atoms with E-state index in [0.717, 1.165) is 31.6 Å². The van der Waals surface area contributed by atoms with Gasteiger partial charge in [0.1, 0.15) is 0 Å². The quantitative estimate of drug-likeness (QED) is 0.642. The monoisotopic (exact) mass is 224 g/mol. The molecule has 0 aromatic heterocycles. The highest BCUT2D eigenvalue weighted by molar-refractivity contribution is 5.73. The fourth-order valence-electron chi connectivity index (χ4n) is 3.02. The number of hydrogen-bond acceptors (Lipinski definition) is 3. The molecule has 0 N–H and O–H groups in total. The second-order valence-corrected chi connectivity index (χ2v) is 4.87. The summed E-state index contributed by atoms with van der Waals surface area (Å²) in [5, 5.41) is 0. The first-order valence-electron chi connectivity index (χ1n) is 6.08. The topological polar surface area (TPSA) is 35.5 Å². The number of allylic oxidation sites excluding steroid dienone is 2. The lowest BCUT2D eigenvalue weighted by molar-refractivity contribution is -0.147. The molecule has 90 valence electrons. The maximum Gasteiger partial charge on any atom is 0.309 e. The predicted octanol–water partition coefficient (Wildman–Crippen LogP) is 2.52. The van der Waals surface area contributed by atoms with Gasteiger partial charge in [0.05, 0.1) is 25.4 Å². The molecule has 0 amide bonds. The highest BCUT2D eigenvalue weighted by Crippen LogP contribution is 2.42. The summed E-state index contributed by atoms with van der Waals surface area (Å²) in [4.78, 5) is 11.7. The maximum atomic E-state index is 11.7. The van der Waals surface area contributed by atoms with Crippen molar-refractivity contribution in [2.45, 2.75) is 33.1 Å². The Balaban J connectivity index is 2.23. The zero-order valence-corrected chi connectivity index (χ0v) is 10.3. The van der Waals surface area contributed by atoms with Crippen LogP contribution in [0.4, 0.5) is 0 Å². The van der Waals surface area contributed by atoms with E-state index < -0.39 is 0 Å². The lowest BCUT2D eigenvalue weighted by atomic mass is 9.73. The second-order valence-electron chi connectivity index (χ2n) is 4.87. The van der Waals surface area contributed by atoms with E-state index in [1.54, 1.807) is 0 Å². The number of ether oxygens (including phenoxy) is 2. The molecule has 0 saturated heterocycles. The summed E-state index contributed by atoms with van der Waals surface area (Å²) < 4.78 is 10.6. The number of carbonyl (C=O) groups excluding carboxylic acids is 1. The molecule has 1 heterocycles. The zero-order chi connectivity index (χ0) is 11.7. The smallest absolute Gasteiger partial charge is 0.309 e. The van der Waals surface area contributed by atoms with E-state index in [4.69, 9.17) is 9.47 Å². The summed E-state index contributed by atoms with van der Waals surface area (Å²) in [5.41, 5.74) is 1.35. The Bertz CT molecular complexity index is 319. The van der Waals surface area contributed by atoms with Gasteiger partial charge in [-0.25, -0.2) is 0 Å². The molecule has 3 atom stereocenters. The van der Waals surface area contributed by atoms with Gasteiger partial charge in [0.2, 0.25) is 0 Å². The van der Waals surface area contributed by atoms with Gasteiger partial charge in [-0.3, -0.25) is 4.79 Å². The van der Waals surface area contributed by atoms with Gasteiger partial charge in [0, 0.05) is 6.42 Å². The summed E-state index contributed by atoms with van der Waals surface area (Å²) in [6, 6.07) is 0. The van der Waals surface area contributed by atoms with Crippen LogP contribution in [0.15, 0.2) is 11.3 Å². The van der Waals surface area contributed by atoms with E-state index in [-0.39, 0.29) is 17.8 Å². The molecule has 16 heavy (non-hydrogen) atoms. The van der Waals surface area contributed by atoms with Crippen LogP contribution in [0.5, 0.6) is 0 Å². The third kappa shape index (κ3) is 1.83. The number of hydrogen-bond donors (Lipinski definition) is 0. The average Bonchev–Trinajstić information content (AvgIpc) is 2.28. The molecule has 3 heteroatoms. The average molecular weight is 224 g/mol. The molecule has 0 aromatic carbocycles. The molecule has 1 aliphatic carbocycles. The molecule has 0 fully saturated rings. The van der Waals surface area contributed by atoms with Crippen LogP contribution >= 0.6 is 0 Å². The van der Waals surface area contributed by atoms with Crippen molar-refractivity contribution < 1.29 is 14.3 Å². The first kappa shape index (κ1) is 11.5. The van der Waals surface area contributed by atoms with E-state index in [0.29, 0.717) is 5.92 Å². The minimum atomic E-state index is -0.0724. The fraction of sp³-hybridized carbons (Fsp3) is 0.769. The lowest BCUT2D eigenvalue weighted by Crippen LogP contribution is -2.33. The third-order valence-corrected chi connectivity index (χ3v) is 3.96. The van der Waals surface area contributed by atoms with E-state index in [1.165, 1.54) is 12.7 Å². The lowest BCUT2D eigenvalue weighted by Gasteiger charge is -2.37. The Kier molecular flexibility index (Phi) is 3.22. The van der Waals surface area contributed by atoms with Gasteiger partial charge in [-0.15, -0.1) is 0 Å². The van der Waals surface area contributed by atoms with Crippen molar-refractivity contribution in [2.24, 2.45) is 17.8 Å². The van der Waals surface area contributed by atoms with Crippen molar-refractivity contribution in [3.63, 3.8) is 0 Å². The normalized spacial score (nSPS) is 34.1. The summed E-state index contributed by atoms with van der Waals surface area (Å²) in [5.74, 6) is 1.91. The van der Waals surface area contributed by atoms with Crippen molar-refractivity contribution in [1.82, 2.24) is 0 Å². The first-order chi connectivity index (χ1) is 7.65. The molecule has 1 aliphatic heterocycles. The number of methoxy groups -OCH3 is 1. The summed E-state index contributed by atoms with van der Waals surface area (Å²) >= 11 is 0. The van der Waals surface area contributed by atoms with Gasteiger partial charge >= 0.3 is 5.97 Å². The van der Waals surface area contributed by atoms with Crippen molar-refractivity contribution in [3.8, 4) is 0 Å². The second kappa shape index (κ2) is 4.48. The van der Waals surface area contributed by atoms with Gasteiger partial charge < -0.3 is 9.47 Å². The summed E-state index contributed by atoms with van der Waals surface area (Å²) in [6.45, 7) is 5.19. The molecule has 3 nitrogen and oxygen atoms in total. The van der Waals surface area contributed by atoms with Crippen LogP contribution in [0.2, 0.25) is 0 Å². The zero-order valence-electron chi connectivity index (χ0n) is 10.3. The van der Waals surface area contributed by atoms with Crippen LogP contribution in [0.1, 0.15) is 33.1 Å². The molecular weight excluding hydrogens is 204 g/mol. The first-order valence-corrected chi connectivity index (χ1v) is 6.08. The minimum absolute atomic E-state index is 0.0212. The predicted molar refractivity (Wildman–Crippen MR) is 60.7 cm³/mol. The molecule has 0 saturated carbocycles. The molecule has 0 spiro atoms. The SMILES string of the molecule is COC(=O)C1CCC2=C([C@H](C)CCO2)[C@H]1C. The van der Waals surface area contributed by atoms with Gasteiger partial charge in [-0.05, 0) is 30.3 Å². The van der Waals surface area contributed by atoms with E-state index in [1.807, 2.05) is 0 Å². The number of esters is 1. The highest BCUT2D eigenvalue weighted by atomic mass is 16.5. The largest absolute Gasteiger partial charge is 0.498 e. The van der Waals surface area contributed by atoms with Crippen LogP contribution in [0.3, 0.4) is 0 Å². The van der Waals surface area contributed by atoms with Crippen molar-refractivity contribution in [3.05, 3.63) is 11.3 Å². The van der Waals surface area contributed by atoms with Crippen molar-refractivity contribution >= 4 is 5.97 Å². The summed E-state index contributed by atoms with van der Waals surface area (Å²) in [7, 11) is 1.47. The van der Waals surface area contributed by atoms with Crippen molar-refractivity contribution in [1.29, 1.82) is 0 Å².